The Morgan fingerprint density at radius 2 is 2.13 bits per heavy atom. The zero-order valence-corrected chi connectivity index (χ0v) is 18.0. The maximum absolute atomic E-state index is 12.6. The summed E-state index contributed by atoms with van der Waals surface area (Å²) in [4.78, 5) is 16.9. The zero-order chi connectivity index (χ0) is 22.0. The van der Waals surface area contributed by atoms with Gasteiger partial charge in [-0.05, 0) is 42.7 Å². The number of aromatic nitrogens is 2. The van der Waals surface area contributed by atoms with E-state index >= 15 is 0 Å². The molecule has 2 atom stereocenters. The Bertz CT molecular complexity index is 1130. The Morgan fingerprint density at radius 1 is 1.32 bits per heavy atom. The lowest BCUT2D eigenvalue weighted by atomic mass is 10.1. The van der Waals surface area contributed by atoms with Crippen molar-refractivity contribution >= 4 is 12.0 Å². The zero-order valence-electron chi connectivity index (χ0n) is 18.0. The highest BCUT2D eigenvalue weighted by Crippen LogP contribution is 2.31. The lowest BCUT2D eigenvalue weighted by Crippen LogP contribution is -2.33. The van der Waals surface area contributed by atoms with Crippen LogP contribution in [0.3, 0.4) is 0 Å². The van der Waals surface area contributed by atoms with Gasteiger partial charge < -0.3 is 19.7 Å². The van der Waals surface area contributed by atoms with Crippen LogP contribution in [0.1, 0.15) is 41.8 Å². The Balaban J connectivity index is 1.45. The largest absolute Gasteiger partial charge is 0.495 e. The predicted octanol–water partition coefficient (Wildman–Crippen LogP) is 3.76. The fourth-order valence-electron chi connectivity index (χ4n) is 4.11. The first-order valence-corrected chi connectivity index (χ1v) is 10.4. The third kappa shape index (κ3) is 4.54. The monoisotopic (exact) mass is 417 g/mol. The van der Waals surface area contributed by atoms with Crippen LogP contribution in [-0.2, 0) is 11.2 Å². The summed E-state index contributed by atoms with van der Waals surface area (Å²) in [6.07, 6.45) is 5.92. The quantitative estimate of drug-likeness (QED) is 0.640. The van der Waals surface area contributed by atoms with Gasteiger partial charge >= 0.3 is 0 Å². The third-order valence-electron chi connectivity index (χ3n) is 5.57. The fraction of sp³-hybridized carbons (Fsp3) is 0.280. The van der Waals surface area contributed by atoms with Crippen molar-refractivity contribution in [2.75, 3.05) is 7.11 Å². The van der Waals surface area contributed by atoms with Crippen LogP contribution in [0.2, 0.25) is 0 Å². The first-order valence-electron chi connectivity index (χ1n) is 10.4. The highest BCUT2D eigenvalue weighted by Gasteiger charge is 2.31. The van der Waals surface area contributed by atoms with Crippen LogP contribution in [0.4, 0.5) is 0 Å². The van der Waals surface area contributed by atoms with Crippen LogP contribution >= 0.6 is 0 Å². The number of aliphatic hydroxyl groups excluding tert-OH is 1. The van der Waals surface area contributed by atoms with Gasteiger partial charge in [0.2, 0.25) is 5.91 Å². The number of imidazole rings is 1. The molecular formula is C25H27N3O3. The number of rotatable bonds is 6. The molecule has 2 N–H and O–H groups in total. The minimum atomic E-state index is -0.589. The van der Waals surface area contributed by atoms with Gasteiger partial charge in [0.25, 0.3) is 0 Å². The second-order valence-electron chi connectivity index (χ2n) is 8.04. The molecule has 0 fully saturated rings. The molecular weight excluding hydrogens is 390 g/mol. The van der Waals surface area contributed by atoms with Gasteiger partial charge in [-0.15, -0.1) is 0 Å². The first-order chi connectivity index (χ1) is 14.9. The van der Waals surface area contributed by atoms with Crippen molar-refractivity contribution in [3.63, 3.8) is 0 Å². The molecule has 3 aromatic rings. The summed E-state index contributed by atoms with van der Waals surface area (Å²) >= 11 is 0. The van der Waals surface area contributed by atoms with Crippen LogP contribution < -0.4 is 10.1 Å². The smallest absolute Gasteiger partial charge is 0.224 e. The summed E-state index contributed by atoms with van der Waals surface area (Å²) in [5, 5.41) is 13.4. The second-order valence-corrected chi connectivity index (χ2v) is 8.04. The van der Waals surface area contributed by atoms with Crippen molar-refractivity contribution in [3.05, 3.63) is 82.9 Å². The van der Waals surface area contributed by atoms with Crippen molar-refractivity contribution in [1.82, 2.24) is 14.9 Å². The highest BCUT2D eigenvalue weighted by atomic mass is 16.5. The second kappa shape index (κ2) is 8.78. The molecule has 1 aromatic heterocycles. The van der Waals surface area contributed by atoms with Crippen molar-refractivity contribution in [2.24, 2.45) is 0 Å². The third-order valence-corrected chi connectivity index (χ3v) is 5.57. The maximum Gasteiger partial charge on any atom is 0.224 e. The number of ether oxygens (including phenoxy) is 1. The van der Waals surface area contributed by atoms with Crippen LogP contribution in [0.15, 0.2) is 60.6 Å². The molecule has 2 aromatic carbocycles. The molecule has 31 heavy (non-hydrogen) atoms. The van der Waals surface area contributed by atoms with E-state index in [-0.39, 0.29) is 18.4 Å². The van der Waals surface area contributed by atoms with Gasteiger partial charge in [-0.2, -0.15) is 0 Å². The standard InChI is InChI=1S/C25H27N3O3/c1-16(11-24(30)27-25-20-7-5-4-6-19(20)13-22(25)29)10-18-8-9-21(23(12-18)31-3)28-14-17(2)26-15-28/h4-10,12,14-15,22,25,29H,11,13H2,1-3H3,(H,27,30)/b16-10+/t22-,25+/m0/s1. The number of hydrogen-bond acceptors (Lipinski definition) is 4. The normalized spacial score (nSPS) is 18.0. The molecule has 0 spiro atoms. The number of hydrogen-bond donors (Lipinski definition) is 2. The number of fused-ring (bicyclic) bond motifs is 1. The van der Waals surface area contributed by atoms with Crippen molar-refractivity contribution in [3.8, 4) is 11.4 Å². The average Bonchev–Trinajstić information content (AvgIpc) is 3.31. The molecule has 6 heteroatoms. The van der Waals surface area contributed by atoms with Gasteiger partial charge in [0, 0.05) is 19.0 Å². The molecule has 0 saturated carbocycles. The summed E-state index contributed by atoms with van der Waals surface area (Å²) in [5.74, 6) is 0.626. The fourth-order valence-corrected chi connectivity index (χ4v) is 4.11. The Labute approximate surface area is 182 Å². The molecule has 0 aliphatic heterocycles. The van der Waals surface area contributed by atoms with E-state index in [2.05, 4.69) is 10.3 Å². The SMILES string of the molecule is COc1cc(/C=C(\C)CC(=O)N[C@@H]2c3ccccc3C[C@@H]2O)ccc1-n1cnc(C)c1. The number of aliphatic hydroxyl groups is 1. The van der Waals surface area contributed by atoms with Crippen LogP contribution in [0.5, 0.6) is 5.75 Å². The van der Waals surface area contributed by atoms with E-state index in [1.807, 2.05) is 73.2 Å². The highest BCUT2D eigenvalue weighted by molar-refractivity contribution is 5.80. The number of amides is 1. The van der Waals surface area contributed by atoms with E-state index in [0.717, 1.165) is 39.4 Å². The Kier molecular flexibility index (Phi) is 5.91. The molecule has 1 amide bonds. The molecule has 1 aliphatic carbocycles. The number of carbonyl (C=O) groups excluding carboxylic acids is 1. The van der Waals surface area contributed by atoms with Crippen molar-refractivity contribution in [1.29, 1.82) is 0 Å². The van der Waals surface area contributed by atoms with E-state index in [9.17, 15) is 9.90 Å². The van der Waals surface area contributed by atoms with Gasteiger partial charge in [-0.1, -0.05) is 42.0 Å². The number of carbonyl (C=O) groups is 1. The van der Waals surface area contributed by atoms with Gasteiger partial charge in [-0.3, -0.25) is 4.79 Å². The summed E-state index contributed by atoms with van der Waals surface area (Å²) in [7, 11) is 1.64. The number of aryl methyl sites for hydroxylation is 1. The minimum Gasteiger partial charge on any atom is -0.495 e. The number of methoxy groups -OCH3 is 1. The van der Waals surface area contributed by atoms with Gasteiger partial charge in [0.1, 0.15) is 5.75 Å². The van der Waals surface area contributed by atoms with Crippen LogP contribution in [0, 0.1) is 6.92 Å². The van der Waals surface area contributed by atoms with Crippen LogP contribution in [0.25, 0.3) is 11.8 Å². The van der Waals surface area contributed by atoms with E-state index in [4.69, 9.17) is 4.74 Å². The first kappa shape index (κ1) is 20.9. The topological polar surface area (TPSA) is 76.4 Å². The molecule has 4 rings (SSSR count). The Morgan fingerprint density at radius 3 is 2.87 bits per heavy atom. The number of nitrogens with zero attached hydrogens (tertiary/aromatic N) is 2. The number of nitrogens with one attached hydrogen (secondary N) is 1. The van der Waals surface area contributed by atoms with Crippen LogP contribution in [-0.4, -0.2) is 33.8 Å². The van der Waals surface area contributed by atoms with E-state index in [1.54, 1.807) is 13.4 Å². The molecule has 1 heterocycles. The minimum absolute atomic E-state index is 0.105. The molecule has 6 nitrogen and oxygen atoms in total. The molecule has 160 valence electrons. The van der Waals surface area contributed by atoms with E-state index in [0.29, 0.717) is 6.42 Å². The summed E-state index contributed by atoms with van der Waals surface area (Å²) in [6, 6.07) is 13.4. The van der Waals surface area contributed by atoms with Gasteiger partial charge in [0.05, 0.1) is 37.0 Å². The van der Waals surface area contributed by atoms with Crippen molar-refractivity contribution in [2.45, 2.75) is 38.8 Å². The maximum atomic E-state index is 12.6. The molecule has 0 saturated heterocycles. The summed E-state index contributed by atoms with van der Waals surface area (Å²) in [5.41, 5.74) is 5.81. The number of benzene rings is 2. The van der Waals surface area contributed by atoms with E-state index in [1.165, 1.54) is 0 Å². The molecule has 0 radical (unpaired) electrons. The molecule has 0 unspecified atom stereocenters. The van der Waals surface area contributed by atoms with Gasteiger partial charge in [0.15, 0.2) is 0 Å². The lowest BCUT2D eigenvalue weighted by molar-refractivity contribution is -0.121. The lowest BCUT2D eigenvalue weighted by Gasteiger charge is -2.18. The molecule has 0 bridgehead atoms. The predicted molar refractivity (Wildman–Crippen MR) is 120 cm³/mol. The summed E-state index contributed by atoms with van der Waals surface area (Å²) < 4.78 is 7.48. The average molecular weight is 418 g/mol. The Hall–Kier alpha value is -3.38. The van der Waals surface area contributed by atoms with E-state index < -0.39 is 6.10 Å². The van der Waals surface area contributed by atoms with Gasteiger partial charge in [-0.25, -0.2) is 4.98 Å². The summed E-state index contributed by atoms with van der Waals surface area (Å²) in [6.45, 7) is 3.87. The van der Waals surface area contributed by atoms with Crippen molar-refractivity contribution < 1.29 is 14.6 Å². The molecule has 1 aliphatic rings.